The number of aryl methyl sites for hydroxylation is 1. The smallest absolute Gasteiger partial charge is 0.120 e. The molecule has 0 unspecified atom stereocenters. The van der Waals surface area contributed by atoms with E-state index in [-0.39, 0.29) is 6.10 Å². The molecule has 2 N–H and O–H groups in total. The summed E-state index contributed by atoms with van der Waals surface area (Å²) in [5, 5.41) is 12.0. The monoisotopic (exact) mass is 169 g/mol. The molecule has 1 rings (SSSR count). The van der Waals surface area contributed by atoms with Crippen LogP contribution in [0.25, 0.3) is 0 Å². The quantitative estimate of drug-likeness (QED) is 0.708. The van der Waals surface area contributed by atoms with Gasteiger partial charge in [0, 0.05) is 6.54 Å². The van der Waals surface area contributed by atoms with Crippen molar-refractivity contribution in [2.24, 2.45) is 0 Å². The lowest BCUT2D eigenvalue weighted by molar-refractivity contribution is 0.190. The van der Waals surface area contributed by atoms with E-state index >= 15 is 0 Å². The van der Waals surface area contributed by atoms with Gasteiger partial charge >= 0.3 is 0 Å². The van der Waals surface area contributed by atoms with Gasteiger partial charge in [-0.15, -0.1) is 0 Å². The molecule has 12 heavy (non-hydrogen) atoms. The first kappa shape index (κ1) is 9.29. The summed E-state index contributed by atoms with van der Waals surface area (Å²) >= 11 is 0. The number of aliphatic hydroxyl groups is 1. The predicted molar refractivity (Wildman–Crippen MR) is 46.8 cm³/mol. The molecule has 0 aliphatic carbocycles. The molecule has 3 heteroatoms. The zero-order valence-corrected chi connectivity index (χ0v) is 7.50. The Morgan fingerprint density at radius 1 is 1.67 bits per heavy atom. The maximum absolute atomic E-state index is 8.96. The van der Waals surface area contributed by atoms with Gasteiger partial charge in [0.25, 0.3) is 0 Å². The number of aliphatic hydroxyl groups excluding tert-OH is 1. The second-order valence-corrected chi connectivity index (χ2v) is 3.01. The molecule has 0 fully saturated rings. The summed E-state index contributed by atoms with van der Waals surface area (Å²) in [6.07, 6.45) is 1.37. The molecule has 1 aromatic rings. The lowest BCUT2D eigenvalue weighted by atomic mass is 10.3. The molecule has 68 valence electrons. The lowest BCUT2D eigenvalue weighted by Gasteiger charge is -2.04. The van der Waals surface area contributed by atoms with Crippen molar-refractivity contribution in [2.75, 3.05) is 6.54 Å². The van der Waals surface area contributed by atoms with Crippen LogP contribution in [0.15, 0.2) is 16.7 Å². The molecule has 0 spiro atoms. The van der Waals surface area contributed by atoms with Crippen molar-refractivity contribution in [3.05, 3.63) is 23.7 Å². The molecule has 1 aromatic heterocycles. The zero-order valence-electron chi connectivity index (χ0n) is 7.50. The third-order valence-corrected chi connectivity index (χ3v) is 1.69. The molecule has 3 nitrogen and oxygen atoms in total. The zero-order chi connectivity index (χ0) is 8.97. The first-order valence-electron chi connectivity index (χ1n) is 4.12. The molecule has 0 saturated carbocycles. The lowest BCUT2D eigenvalue weighted by Crippen LogP contribution is -2.23. The highest BCUT2D eigenvalue weighted by Crippen LogP contribution is 2.07. The van der Waals surface area contributed by atoms with Gasteiger partial charge < -0.3 is 14.8 Å². The van der Waals surface area contributed by atoms with E-state index in [2.05, 4.69) is 5.32 Å². The maximum atomic E-state index is 8.96. The third-order valence-electron chi connectivity index (χ3n) is 1.69. The van der Waals surface area contributed by atoms with E-state index in [4.69, 9.17) is 9.52 Å². The summed E-state index contributed by atoms with van der Waals surface area (Å²) in [6.45, 7) is 5.04. The molecular formula is C9H15NO2. The standard InChI is InChI=1S/C9H15NO2/c1-7-3-4-12-9(7)6-10-5-8(2)11/h3-4,8,10-11H,5-6H2,1-2H3/t8-/m0/s1. The van der Waals surface area contributed by atoms with E-state index in [1.807, 2.05) is 13.0 Å². The molecule has 1 atom stereocenters. The van der Waals surface area contributed by atoms with Crippen molar-refractivity contribution in [1.82, 2.24) is 5.32 Å². The van der Waals surface area contributed by atoms with Crippen LogP contribution in [-0.4, -0.2) is 17.8 Å². The Kier molecular flexibility index (Phi) is 3.31. The Morgan fingerprint density at radius 3 is 2.92 bits per heavy atom. The average Bonchev–Trinajstić information content (AvgIpc) is 2.36. The van der Waals surface area contributed by atoms with Gasteiger partial charge in [-0.25, -0.2) is 0 Å². The Balaban J connectivity index is 2.29. The Hall–Kier alpha value is -0.800. The van der Waals surface area contributed by atoms with Gasteiger partial charge in [-0.1, -0.05) is 0 Å². The first-order valence-corrected chi connectivity index (χ1v) is 4.12. The van der Waals surface area contributed by atoms with Crippen LogP contribution < -0.4 is 5.32 Å². The van der Waals surface area contributed by atoms with E-state index in [1.54, 1.807) is 13.2 Å². The van der Waals surface area contributed by atoms with Crippen molar-refractivity contribution < 1.29 is 9.52 Å². The van der Waals surface area contributed by atoms with Crippen molar-refractivity contribution in [3.8, 4) is 0 Å². The van der Waals surface area contributed by atoms with Crippen LogP contribution in [0.2, 0.25) is 0 Å². The van der Waals surface area contributed by atoms with Crippen molar-refractivity contribution >= 4 is 0 Å². The van der Waals surface area contributed by atoms with Crippen molar-refractivity contribution in [2.45, 2.75) is 26.5 Å². The van der Waals surface area contributed by atoms with E-state index in [0.717, 1.165) is 11.3 Å². The topological polar surface area (TPSA) is 45.4 Å². The average molecular weight is 169 g/mol. The fraction of sp³-hybridized carbons (Fsp3) is 0.556. The van der Waals surface area contributed by atoms with Crippen LogP contribution in [0.5, 0.6) is 0 Å². The summed E-state index contributed by atoms with van der Waals surface area (Å²) in [4.78, 5) is 0. The highest BCUT2D eigenvalue weighted by atomic mass is 16.3. The minimum atomic E-state index is -0.305. The van der Waals surface area contributed by atoms with Crippen LogP contribution in [0.4, 0.5) is 0 Å². The molecule has 0 aliphatic heterocycles. The molecule has 0 aromatic carbocycles. The van der Waals surface area contributed by atoms with Gasteiger partial charge in [0.1, 0.15) is 5.76 Å². The number of rotatable bonds is 4. The second-order valence-electron chi connectivity index (χ2n) is 3.01. The fourth-order valence-electron chi connectivity index (χ4n) is 0.980. The van der Waals surface area contributed by atoms with Gasteiger partial charge in [0.05, 0.1) is 18.9 Å². The Bertz CT molecular complexity index is 230. The normalized spacial score (nSPS) is 13.2. The van der Waals surface area contributed by atoms with Crippen LogP contribution in [0.3, 0.4) is 0 Å². The number of nitrogens with one attached hydrogen (secondary N) is 1. The van der Waals surface area contributed by atoms with Crippen molar-refractivity contribution in [1.29, 1.82) is 0 Å². The molecule has 0 radical (unpaired) electrons. The van der Waals surface area contributed by atoms with E-state index in [9.17, 15) is 0 Å². The Labute approximate surface area is 72.4 Å². The van der Waals surface area contributed by atoms with E-state index < -0.39 is 0 Å². The maximum Gasteiger partial charge on any atom is 0.120 e. The summed E-state index contributed by atoms with van der Waals surface area (Å²) in [6, 6.07) is 1.93. The minimum Gasteiger partial charge on any atom is -0.468 e. The summed E-state index contributed by atoms with van der Waals surface area (Å²) in [5.74, 6) is 0.940. The van der Waals surface area contributed by atoms with Crippen LogP contribution in [0, 0.1) is 6.92 Å². The third kappa shape index (κ3) is 2.68. The molecule has 1 heterocycles. The Morgan fingerprint density at radius 2 is 2.42 bits per heavy atom. The number of furan rings is 1. The van der Waals surface area contributed by atoms with Gasteiger partial charge in [-0.3, -0.25) is 0 Å². The molecule has 0 bridgehead atoms. The SMILES string of the molecule is Cc1ccoc1CNC[C@H](C)O. The molecule has 0 aliphatic rings. The summed E-state index contributed by atoms with van der Waals surface area (Å²) < 4.78 is 5.20. The fourth-order valence-corrected chi connectivity index (χ4v) is 0.980. The van der Waals surface area contributed by atoms with Crippen LogP contribution >= 0.6 is 0 Å². The minimum absolute atomic E-state index is 0.305. The first-order chi connectivity index (χ1) is 5.70. The predicted octanol–water partition coefficient (Wildman–Crippen LogP) is 1.06. The summed E-state index contributed by atoms with van der Waals surface area (Å²) in [5.41, 5.74) is 1.15. The second kappa shape index (κ2) is 4.28. The van der Waals surface area contributed by atoms with Gasteiger partial charge in [-0.2, -0.15) is 0 Å². The molecular weight excluding hydrogens is 154 g/mol. The summed E-state index contributed by atoms with van der Waals surface area (Å²) in [7, 11) is 0. The van der Waals surface area contributed by atoms with Gasteiger partial charge in [-0.05, 0) is 25.5 Å². The highest BCUT2D eigenvalue weighted by molar-refractivity contribution is 5.13. The van der Waals surface area contributed by atoms with Crippen molar-refractivity contribution in [3.63, 3.8) is 0 Å². The largest absolute Gasteiger partial charge is 0.468 e. The van der Waals surface area contributed by atoms with Crippen LogP contribution in [-0.2, 0) is 6.54 Å². The molecule has 0 amide bonds. The van der Waals surface area contributed by atoms with Gasteiger partial charge in [0.2, 0.25) is 0 Å². The highest BCUT2D eigenvalue weighted by Gasteiger charge is 2.01. The van der Waals surface area contributed by atoms with E-state index in [0.29, 0.717) is 13.1 Å². The number of hydrogen-bond donors (Lipinski definition) is 2. The number of hydrogen-bond acceptors (Lipinski definition) is 3. The molecule has 0 saturated heterocycles. The van der Waals surface area contributed by atoms with E-state index in [1.165, 1.54) is 0 Å². The van der Waals surface area contributed by atoms with Crippen LogP contribution in [0.1, 0.15) is 18.2 Å². The van der Waals surface area contributed by atoms with Gasteiger partial charge in [0.15, 0.2) is 0 Å².